The number of carbonyl (C=O) groups excluding carboxylic acids is 1. The van der Waals surface area contributed by atoms with Crippen LogP contribution in [-0.4, -0.2) is 52.9 Å². The zero-order valence-electron chi connectivity index (χ0n) is 11.0. The molecule has 2 saturated heterocycles. The monoisotopic (exact) mass is 280 g/mol. The number of ether oxygens (including phenoxy) is 3. The standard InChI is InChI=1S/C13H16N2O5/c1-2-13-6-19-8(9(13)16)11(20-13)15-5-7-3-4-18-10(7)14-12(15)17/h3-5,8-11,16H,2,6H2,1H3,(H,14,17). The van der Waals surface area contributed by atoms with Crippen molar-refractivity contribution in [2.24, 2.45) is 0 Å². The Morgan fingerprint density at radius 1 is 1.60 bits per heavy atom. The van der Waals surface area contributed by atoms with E-state index in [0.717, 1.165) is 5.57 Å². The first-order valence-electron chi connectivity index (χ1n) is 6.75. The number of urea groups is 1. The maximum absolute atomic E-state index is 12.1. The van der Waals surface area contributed by atoms with Gasteiger partial charge in [-0.1, -0.05) is 6.92 Å². The van der Waals surface area contributed by atoms with E-state index in [1.807, 2.05) is 6.92 Å². The van der Waals surface area contributed by atoms with Gasteiger partial charge >= 0.3 is 6.03 Å². The Labute approximate surface area is 115 Å². The van der Waals surface area contributed by atoms with Crippen molar-refractivity contribution < 1.29 is 24.1 Å². The molecule has 4 rings (SSSR count). The van der Waals surface area contributed by atoms with Crippen molar-refractivity contribution in [3.8, 4) is 0 Å². The van der Waals surface area contributed by atoms with Gasteiger partial charge in [0.25, 0.3) is 0 Å². The molecule has 4 aliphatic heterocycles. The van der Waals surface area contributed by atoms with E-state index in [1.54, 1.807) is 18.5 Å². The molecule has 0 aromatic carbocycles. The maximum atomic E-state index is 12.1. The molecule has 7 nitrogen and oxygen atoms in total. The van der Waals surface area contributed by atoms with Gasteiger partial charge in [0.15, 0.2) is 6.23 Å². The van der Waals surface area contributed by atoms with Crippen LogP contribution in [0.2, 0.25) is 0 Å². The first-order chi connectivity index (χ1) is 9.64. The van der Waals surface area contributed by atoms with Crippen LogP contribution in [0, 0.1) is 0 Å². The van der Waals surface area contributed by atoms with Crippen LogP contribution in [-0.2, 0) is 14.2 Å². The summed E-state index contributed by atoms with van der Waals surface area (Å²) in [7, 11) is 0. The number of rotatable bonds is 2. The van der Waals surface area contributed by atoms with E-state index >= 15 is 0 Å². The highest BCUT2D eigenvalue weighted by molar-refractivity contribution is 5.78. The third kappa shape index (κ3) is 1.42. The fourth-order valence-corrected chi connectivity index (χ4v) is 3.16. The zero-order chi connectivity index (χ0) is 13.9. The van der Waals surface area contributed by atoms with Crippen LogP contribution < -0.4 is 5.32 Å². The molecule has 0 radical (unpaired) electrons. The first kappa shape index (κ1) is 12.2. The molecule has 0 aromatic heterocycles. The molecule has 2 fully saturated rings. The molecule has 0 aliphatic carbocycles. The lowest BCUT2D eigenvalue weighted by Gasteiger charge is -2.37. The van der Waals surface area contributed by atoms with Gasteiger partial charge < -0.3 is 19.3 Å². The predicted molar refractivity (Wildman–Crippen MR) is 66.1 cm³/mol. The van der Waals surface area contributed by atoms with E-state index < -0.39 is 30.3 Å². The van der Waals surface area contributed by atoms with E-state index in [0.29, 0.717) is 13.0 Å². The minimum atomic E-state index is -0.711. The highest BCUT2D eigenvalue weighted by Gasteiger charge is 2.62. The third-order valence-corrected chi connectivity index (χ3v) is 4.43. The van der Waals surface area contributed by atoms with Crippen LogP contribution in [0.5, 0.6) is 0 Å². The summed E-state index contributed by atoms with van der Waals surface area (Å²) in [4.78, 5) is 13.6. The Kier molecular flexibility index (Phi) is 2.42. The molecule has 2 bridgehead atoms. The van der Waals surface area contributed by atoms with Crippen molar-refractivity contribution in [1.29, 1.82) is 0 Å². The second-order valence-electron chi connectivity index (χ2n) is 5.45. The molecule has 20 heavy (non-hydrogen) atoms. The van der Waals surface area contributed by atoms with Crippen LogP contribution in [0.1, 0.15) is 13.3 Å². The minimum Gasteiger partial charge on any atom is -0.474 e. The topological polar surface area (TPSA) is 80.3 Å². The molecular formula is C13H16N2O5. The van der Waals surface area contributed by atoms with Gasteiger partial charge in [-0.2, -0.15) is 0 Å². The van der Waals surface area contributed by atoms with E-state index in [9.17, 15) is 9.90 Å². The number of aliphatic hydroxyl groups excluding tert-OH is 1. The van der Waals surface area contributed by atoms with Gasteiger partial charge in [0.1, 0.15) is 17.8 Å². The summed E-state index contributed by atoms with van der Waals surface area (Å²) in [6.07, 6.45) is 3.40. The molecule has 0 spiro atoms. The number of nitrogens with one attached hydrogen (secondary N) is 1. The number of fused-ring (bicyclic) bond motifs is 3. The average Bonchev–Trinajstić information content (AvgIpc) is 3.10. The fourth-order valence-electron chi connectivity index (χ4n) is 3.16. The number of nitrogens with zero attached hydrogens (tertiary/aromatic N) is 1. The maximum Gasteiger partial charge on any atom is 0.326 e. The average molecular weight is 280 g/mol. The number of hydrogen-bond donors (Lipinski definition) is 2. The van der Waals surface area contributed by atoms with Gasteiger partial charge in [-0.15, -0.1) is 0 Å². The zero-order valence-corrected chi connectivity index (χ0v) is 11.0. The highest BCUT2D eigenvalue weighted by Crippen LogP contribution is 2.43. The summed E-state index contributed by atoms with van der Waals surface area (Å²) in [5, 5.41) is 13.0. The minimum absolute atomic E-state index is 0.318. The van der Waals surface area contributed by atoms with Crippen LogP contribution in [0.4, 0.5) is 4.79 Å². The molecule has 5 unspecified atom stereocenters. The number of amides is 2. The summed E-state index contributed by atoms with van der Waals surface area (Å²) in [6, 6.07) is -0.318. The van der Waals surface area contributed by atoms with Crippen LogP contribution in [0.15, 0.2) is 24.1 Å². The lowest BCUT2D eigenvalue weighted by molar-refractivity contribution is -0.179. The molecule has 7 heteroatoms. The van der Waals surface area contributed by atoms with Gasteiger partial charge in [-0.25, -0.2) is 4.79 Å². The quantitative estimate of drug-likeness (QED) is 0.746. The van der Waals surface area contributed by atoms with Gasteiger partial charge in [0, 0.05) is 11.8 Å². The fraction of sp³-hybridized carbons (Fsp3) is 0.615. The van der Waals surface area contributed by atoms with E-state index in [2.05, 4.69) is 5.32 Å². The van der Waals surface area contributed by atoms with Crippen molar-refractivity contribution in [3.05, 3.63) is 24.1 Å². The number of carbonyl (C=O) groups is 1. The van der Waals surface area contributed by atoms with Gasteiger partial charge in [-0.3, -0.25) is 10.2 Å². The van der Waals surface area contributed by atoms with E-state index in [4.69, 9.17) is 14.2 Å². The highest BCUT2D eigenvalue weighted by atomic mass is 16.6. The summed E-state index contributed by atoms with van der Waals surface area (Å²) in [6.45, 7) is 2.30. The lowest BCUT2D eigenvalue weighted by atomic mass is 9.96. The largest absolute Gasteiger partial charge is 0.474 e. The van der Waals surface area contributed by atoms with Gasteiger partial charge in [0.2, 0.25) is 6.23 Å². The van der Waals surface area contributed by atoms with E-state index in [1.165, 1.54) is 4.90 Å². The summed E-state index contributed by atoms with van der Waals surface area (Å²) in [5.74, 6) is 0. The van der Waals surface area contributed by atoms with Gasteiger partial charge in [0.05, 0.1) is 12.9 Å². The number of hydrogen-bond acceptors (Lipinski definition) is 5. The Hall–Kier alpha value is -1.57. The van der Waals surface area contributed by atoms with E-state index in [-0.39, 0.29) is 6.03 Å². The van der Waals surface area contributed by atoms with Crippen molar-refractivity contribution in [2.75, 3.05) is 6.61 Å². The van der Waals surface area contributed by atoms with Crippen LogP contribution in [0.3, 0.4) is 0 Å². The molecule has 0 saturated carbocycles. The Bertz CT molecular complexity index is 519. The molecule has 2 N–H and O–H groups in total. The molecule has 108 valence electrons. The molecule has 4 heterocycles. The van der Waals surface area contributed by atoms with Crippen molar-refractivity contribution in [1.82, 2.24) is 10.2 Å². The van der Waals surface area contributed by atoms with Crippen molar-refractivity contribution in [3.63, 3.8) is 0 Å². The second-order valence-corrected chi connectivity index (χ2v) is 5.45. The van der Waals surface area contributed by atoms with Crippen LogP contribution in [0.25, 0.3) is 0 Å². The first-order valence-corrected chi connectivity index (χ1v) is 6.75. The van der Waals surface area contributed by atoms with Crippen molar-refractivity contribution in [2.45, 2.75) is 43.6 Å². The second kappa shape index (κ2) is 3.97. The molecule has 5 atom stereocenters. The molecule has 2 amide bonds. The summed E-state index contributed by atoms with van der Waals surface area (Å²) in [5.41, 5.74) is 0.142. The summed E-state index contributed by atoms with van der Waals surface area (Å²) >= 11 is 0. The predicted octanol–water partition coefficient (Wildman–Crippen LogP) is 0.0303. The number of aliphatic hydroxyl groups is 1. The van der Waals surface area contributed by atoms with Crippen LogP contribution >= 0.6 is 0 Å². The van der Waals surface area contributed by atoms with Crippen molar-refractivity contribution >= 4 is 6.03 Å². The molecule has 4 aliphatic rings. The Morgan fingerprint density at radius 3 is 3.20 bits per heavy atom. The lowest BCUT2D eigenvalue weighted by Crippen LogP contribution is -2.55. The SMILES string of the molecule is CCC12COC(C(N3C=C4C=COC4NC3=O)O1)C2O. The van der Waals surface area contributed by atoms with Gasteiger partial charge in [-0.05, 0) is 12.5 Å². The smallest absolute Gasteiger partial charge is 0.326 e. The Morgan fingerprint density at radius 2 is 2.45 bits per heavy atom. The third-order valence-electron chi connectivity index (χ3n) is 4.43. The molecule has 0 aromatic rings. The summed E-state index contributed by atoms with van der Waals surface area (Å²) < 4.78 is 16.8. The normalized spacial score (nSPS) is 45.2. The Balaban J connectivity index is 1.64. The molecular weight excluding hydrogens is 264 g/mol.